The minimum absolute atomic E-state index is 0.166. The standard InChI is InChI=1S/C25H18Cl2N2O5/c1-32-18-9-7-16(8-10-18)25(31)34-21-11-6-15(13-22(21)33-2)12-17(14-28)24(30)29-20-5-3-4-19(26)23(20)27/h3-13H,1-2H3,(H,29,30)/b17-12+. The number of esters is 1. The van der Waals surface area contributed by atoms with Crippen LogP contribution in [0.15, 0.2) is 66.2 Å². The first-order chi connectivity index (χ1) is 16.4. The Bertz CT molecular complexity index is 1300. The van der Waals surface area contributed by atoms with Gasteiger partial charge in [0.2, 0.25) is 0 Å². The monoisotopic (exact) mass is 496 g/mol. The highest BCUT2D eigenvalue weighted by atomic mass is 35.5. The summed E-state index contributed by atoms with van der Waals surface area (Å²) in [5, 5.41) is 12.5. The van der Waals surface area contributed by atoms with Crippen molar-refractivity contribution in [1.82, 2.24) is 0 Å². The predicted molar refractivity (Wildman–Crippen MR) is 130 cm³/mol. The molecule has 3 aromatic rings. The van der Waals surface area contributed by atoms with Crippen LogP contribution in [0.25, 0.3) is 6.08 Å². The van der Waals surface area contributed by atoms with Crippen molar-refractivity contribution in [2.75, 3.05) is 19.5 Å². The molecule has 0 aliphatic heterocycles. The van der Waals surface area contributed by atoms with Gasteiger partial charge in [0.1, 0.15) is 17.4 Å². The summed E-state index contributed by atoms with van der Waals surface area (Å²) in [6, 6.07) is 17.7. The maximum atomic E-state index is 12.6. The van der Waals surface area contributed by atoms with E-state index in [0.717, 1.165) is 0 Å². The van der Waals surface area contributed by atoms with Crippen molar-refractivity contribution in [1.29, 1.82) is 5.26 Å². The van der Waals surface area contributed by atoms with E-state index >= 15 is 0 Å². The van der Waals surface area contributed by atoms with E-state index in [9.17, 15) is 14.9 Å². The molecule has 0 saturated carbocycles. The number of amides is 1. The zero-order valence-corrected chi connectivity index (χ0v) is 19.6. The molecule has 0 unspecified atom stereocenters. The Labute approximate surface area is 206 Å². The molecule has 9 heteroatoms. The van der Waals surface area contributed by atoms with Crippen LogP contribution in [0.4, 0.5) is 5.69 Å². The van der Waals surface area contributed by atoms with E-state index in [1.165, 1.54) is 32.4 Å². The molecule has 3 rings (SSSR count). The van der Waals surface area contributed by atoms with Crippen LogP contribution in [0, 0.1) is 11.3 Å². The molecule has 0 saturated heterocycles. The number of ether oxygens (including phenoxy) is 3. The van der Waals surface area contributed by atoms with Crippen LogP contribution in [0.3, 0.4) is 0 Å². The number of nitrogens with one attached hydrogen (secondary N) is 1. The topological polar surface area (TPSA) is 97.7 Å². The van der Waals surface area contributed by atoms with E-state index < -0.39 is 11.9 Å². The molecule has 3 aromatic carbocycles. The van der Waals surface area contributed by atoms with Gasteiger partial charge in [0.05, 0.1) is 35.5 Å². The lowest BCUT2D eigenvalue weighted by Crippen LogP contribution is -2.13. The third-order valence-electron chi connectivity index (χ3n) is 4.59. The normalized spacial score (nSPS) is 10.7. The first-order valence-corrected chi connectivity index (χ1v) is 10.5. The van der Waals surface area contributed by atoms with Gasteiger partial charge in [0, 0.05) is 0 Å². The lowest BCUT2D eigenvalue weighted by Gasteiger charge is -2.11. The summed E-state index contributed by atoms with van der Waals surface area (Å²) in [6.07, 6.45) is 1.37. The molecule has 34 heavy (non-hydrogen) atoms. The Morgan fingerprint density at radius 1 is 0.971 bits per heavy atom. The third kappa shape index (κ3) is 5.87. The minimum atomic E-state index is -0.666. The van der Waals surface area contributed by atoms with Crippen molar-refractivity contribution in [3.63, 3.8) is 0 Å². The zero-order valence-electron chi connectivity index (χ0n) is 18.1. The maximum Gasteiger partial charge on any atom is 0.343 e. The second kappa shape index (κ2) is 11.2. The highest BCUT2D eigenvalue weighted by Gasteiger charge is 2.15. The van der Waals surface area contributed by atoms with Crippen molar-refractivity contribution in [3.8, 4) is 23.3 Å². The second-order valence-electron chi connectivity index (χ2n) is 6.75. The van der Waals surface area contributed by atoms with Crippen molar-refractivity contribution in [3.05, 3.63) is 87.4 Å². The molecule has 1 N–H and O–H groups in total. The molecule has 1 amide bonds. The number of anilines is 1. The highest BCUT2D eigenvalue weighted by molar-refractivity contribution is 6.44. The molecule has 0 bridgehead atoms. The first kappa shape index (κ1) is 24.6. The Kier molecular flexibility index (Phi) is 8.14. The number of halogens is 2. The quantitative estimate of drug-likeness (QED) is 0.193. The summed E-state index contributed by atoms with van der Waals surface area (Å²) in [6.45, 7) is 0. The van der Waals surface area contributed by atoms with Crippen LogP contribution in [0.2, 0.25) is 10.0 Å². The number of carbonyl (C=O) groups is 2. The zero-order chi connectivity index (χ0) is 24.7. The fourth-order valence-corrected chi connectivity index (χ4v) is 3.20. The van der Waals surface area contributed by atoms with Gasteiger partial charge in [-0.1, -0.05) is 35.3 Å². The fourth-order valence-electron chi connectivity index (χ4n) is 2.85. The molecule has 0 radical (unpaired) electrons. The molecule has 0 aliphatic rings. The summed E-state index contributed by atoms with van der Waals surface area (Å²) in [4.78, 5) is 25.0. The lowest BCUT2D eigenvalue weighted by molar-refractivity contribution is -0.112. The molecular formula is C25H18Cl2N2O5. The number of nitrogens with zero attached hydrogens (tertiary/aromatic N) is 1. The number of methoxy groups -OCH3 is 2. The van der Waals surface area contributed by atoms with Gasteiger partial charge in [-0.3, -0.25) is 4.79 Å². The van der Waals surface area contributed by atoms with Crippen LogP contribution >= 0.6 is 23.2 Å². The molecule has 172 valence electrons. The molecule has 0 aliphatic carbocycles. The third-order valence-corrected chi connectivity index (χ3v) is 5.41. The summed E-state index contributed by atoms with van der Waals surface area (Å²) in [5.74, 6) is -0.221. The van der Waals surface area contributed by atoms with Gasteiger partial charge < -0.3 is 19.5 Å². The number of benzene rings is 3. The maximum absolute atomic E-state index is 12.6. The highest BCUT2D eigenvalue weighted by Crippen LogP contribution is 2.31. The number of nitriles is 1. The smallest absolute Gasteiger partial charge is 0.343 e. The average Bonchev–Trinajstić information content (AvgIpc) is 2.85. The van der Waals surface area contributed by atoms with E-state index in [4.69, 9.17) is 37.4 Å². The van der Waals surface area contributed by atoms with Crippen LogP contribution in [-0.2, 0) is 4.79 Å². The summed E-state index contributed by atoms with van der Waals surface area (Å²) in [7, 11) is 2.94. The Hall–Kier alpha value is -3.99. The SMILES string of the molecule is COc1ccc(C(=O)Oc2ccc(/C=C(\C#N)C(=O)Nc3cccc(Cl)c3Cl)cc2OC)cc1. The second-order valence-corrected chi connectivity index (χ2v) is 7.54. The fraction of sp³-hybridized carbons (Fsp3) is 0.0800. The molecule has 7 nitrogen and oxygen atoms in total. The summed E-state index contributed by atoms with van der Waals surface area (Å²) < 4.78 is 15.8. The van der Waals surface area contributed by atoms with Gasteiger partial charge >= 0.3 is 5.97 Å². The molecule has 0 fully saturated rings. The van der Waals surface area contributed by atoms with Crippen molar-refractivity contribution >= 4 is 46.8 Å². The van der Waals surface area contributed by atoms with Crippen LogP contribution < -0.4 is 19.5 Å². The lowest BCUT2D eigenvalue weighted by atomic mass is 10.1. The molecule has 0 spiro atoms. The number of hydrogen-bond acceptors (Lipinski definition) is 6. The Morgan fingerprint density at radius 3 is 2.35 bits per heavy atom. The first-order valence-electron chi connectivity index (χ1n) is 9.77. The molecule has 0 heterocycles. The van der Waals surface area contributed by atoms with E-state index in [-0.39, 0.29) is 32.8 Å². The van der Waals surface area contributed by atoms with Gasteiger partial charge in [-0.05, 0) is 60.2 Å². The minimum Gasteiger partial charge on any atom is -0.497 e. The Balaban J connectivity index is 1.80. The number of rotatable bonds is 7. The molecular weight excluding hydrogens is 479 g/mol. The van der Waals surface area contributed by atoms with Gasteiger partial charge in [0.15, 0.2) is 11.5 Å². The van der Waals surface area contributed by atoms with Crippen LogP contribution in [-0.4, -0.2) is 26.1 Å². The molecule has 0 atom stereocenters. The van der Waals surface area contributed by atoms with Gasteiger partial charge in [0.25, 0.3) is 5.91 Å². The van der Waals surface area contributed by atoms with E-state index in [2.05, 4.69) is 5.32 Å². The van der Waals surface area contributed by atoms with Crippen molar-refractivity contribution < 1.29 is 23.8 Å². The summed E-state index contributed by atoms with van der Waals surface area (Å²) in [5.41, 5.74) is 0.902. The van der Waals surface area contributed by atoms with Gasteiger partial charge in [-0.15, -0.1) is 0 Å². The number of carbonyl (C=O) groups excluding carboxylic acids is 2. The average molecular weight is 497 g/mol. The van der Waals surface area contributed by atoms with E-state index in [1.807, 2.05) is 6.07 Å². The van der Waals surface area contributed by atoms with Crippen molar-refractivity contribution in [2.45, 2.75) is 0 Å². The Morgan fingerprint density at radius 2 is 1.71 bits per heavy atom. The van der Waals surface area contributed by atoms with Gasteiger partial charge in [-0.2, -0.15) is 5.26 Å². The predicted octanol–water partition coefficient (Wildman–Crippen LogP) is 5.78. The largest absolute Gasteiger partial charge is 0.497 e. The van der Waals surface area contributed by atoms with Crippen molar-refractivity contribution in [2.24, 2.45) is 0 Å². The van der Waals surface area contributed by atoms with Gasteiger partial charge in [-0.25, -0.2) is 4.79 Å². The van der Waals surface area contributed by atoms with E-state index in [0.29, 0.717) is 16.9 Å². The summed E-state index contributed by atoms with van der Waals surface area (Å²) >= 11 is 12.0. The van der Waals surface area contributed by atoms with Crippen LogP contribution in [0.5, 0.6) is 17.2 Å². The molecule has 0 aromatic heterocycles. The number of hydrogen-bond donors (Lipinski definition) is 1. The van der Waals surface area contributed by atoms with E-state index in [1.54, 1.807) is 48.5 Å². The van der Waals surface area contributed by atoms with Crippen LogP contribution in [0.1, 0.15) is 15.9 Å².